The number of halogens is 1. The van der Waals surface area contributed by atoms with E-state index >= 15 is 4.39 Å². The number of sulfone groups is 1. The van der Waals surface area contributed by atoms with E-state index < -0.39 is 15.7 Å². The highest BCUT2D eigenvalue weighted by Crippen LogP contribution is 2.43. The van der Waals surface area contributed by atoms with Crippen LogP contribution in [0, 0.1) is 11.7 Å². The molecule has 0 aliphatic heterocycles. The van der Waals surface area contributed by atoms with Crippen molar-refractivity contribution in [3.63, 3.8) is 0 Å². The highest BCUT2D eigenvalue weighted by atomic mass is 32.2. The fraction of sp³-hybridized carbons (Fsp3) is 0.325. The Morgan fingerprint density at radius 2 is 1.80 bits per heavy atom. The molecule has 6 aromatic rings. The monoisotopic (exact) mass is 767 g/mol. The minimum absolute atomic E-state index is 0.00576. The molecule has 0 spiro atoms. The number of anilines is 2. The average Bonchev–Trinajstić information content (AvgIpc) is 3.82. The maximum atomic E-state index is 15.6. The van der Waals surface area contributed by atoms with Crippen molar-refractivity contribution in [2.24, 2.45) is 5.92 Å². The average molecular weight is 768 g/mol. The van der Waals surface area contributed by atoms with Gasteiger partial charge in [-0.05, 0) is 112 Å². The number of fused-ring (bicyclic) bond motifs is 1. The summed E-state index contributed by atoms with van der Waals surface area (Å²) in [7, 11) is -2.66. The van der Waals surface area contributed by atoms with Crippen LogP contribution in [0.1, 0.15) is 74.2 Å². The van der Waals surface area contributed by atoms with Gasteiger partial charge in [0.05, 0.1) is 40.5 Å². The Bertz CT molecular complexity index is 2440. The van der Waals surface area contributed by atoms with Gasteiger partial charge in [0.1, 0.15) is 24.1 Å². The van der Waals surface area contributed by atoms with Crippen LogP contribution in [0.25, 0.3) is 16.9 Å². The fourth-order valence-electron chi connectivity index (χ4n) is 6.79. The van der Waals surface area contributed by atoms with E-state index in [1.165, 1.54) is 41.7 Å². The van der Waals surface area contributed by atoms with Gasteiger partial charge in [0.2, 0.25) is 21.4 Å². The van der Waals surface area contributed by atoms with Gasteiger partial charge in [-0.15, -0.1) is 5.10 Å². The Hall–Kier alpha value is -5.67. The number of methoxy groups -OCH3 is 1. The van der Waals surface area contributed by atoms with E-state index in [9.17, 15) is 13.2 Å². The number of benzene rings is 3. The zero-order valence-electron chi connectivity index (χ0n) is 31.1. The van der Waals surface area contributed by atoms with Gasteiger partial charge in [-0.2, -0.15) is 14.6 Å². The number of ether oxygens (including phenoxy) is 3. The molecule has 3 heterocycles. The molecule has 7 rings (SSSR count). The highest BCUT2D eigenvalue weighted by molar-refractivity contribution is 7.91. The lowest BCUT2D eigenvalue weighted by Gasteiger charge is -2.36. The standard InChI is InChI=1S/C40H42FN7O6S/c1-6-53-25(4)47-22-31(21-43-47)36-37(54-24(2)3)38-45-40(46-48(38)23-42-36)44-35-15-14-33(20-34(35)41)55(50,51)32-9-7-8-26(19-32)16-27-17-30(18-27)28-10-12-29(13-11-28)39(49)52-5/h7-15,19-25,27,30H,6,16-18H2,1-5H3,(H,44,46). The van der Waals surface area contributed by atoms with Crippen molar-refractivity contribution in [3.8, 4) is 17.0 Å². The first-order valence-corrected chi connectivity index (χ1v) is 19.6. The third-order valence-electron chi connectivity index (χ3n) is 9.62. The molecule has 1 aliphatic carbocycles. The maximum Gasteiger partial charge on any atom is 0.337 e. The summed E-state index contributed by atoms with van der Waals surface area (Å²) < 4.78 is 62.7. The van der Waals surface area contributed by atoms with Crippen LogP contribution >= 0.6 is 0 Å². The third-order valence-corrected chi connectivity index (χ3v) is 11.4. The topological polar surface area (TPSA) is 152 Å². The van der Waals surface area contributed by atoms with Crippen molar-refractivity contribution >= 4 is 33.1 Å². The molecular formula is C40H42FN7O6S. The van der Waals surface area contributed by atoms with Gasteiger partial charge in [0.25, 0.3) is 0 Å². The number of carbonyl (C=O) groups excluding carboxylic acids is 1. The first-order valence-electron chi connectivity index (χ1n) is 18.1. The molecule has 1 atom stereocenters. The second-order valence-electron chi connectivity index (χ2n) is 13.8. The number of aromatic nitrogens is 6. The second-order valence-corrected chi connectivity index (χ2v) is 15.8. The quantitative estimate of drug-likeness (QED) is 0.109. The third kappa shape index (κ3) is 7.94. The Morgan fingerprint density at radius 3 is 2.51 bits per heavy atom. The predicted molar refractivity (Wildman–Crippen MR) is 203 cm³/mol. The van der Waals surface area contributed by atoms with E-state index in [2.05, 4.69) is 25.5 Å². The normalized spacial score (nSPS) is 16.2. The lowest BCUT2D eigenvalue weighted by molar-refractivity contribution is 0.0160. The number of nitrogens with one attached hydrogen (secondary N) is 1. The van der Waals surface area contributed by atoms with Gasteiger partial charge in [-0.3, -0.25) is 0 Å². The van der Waals surface area contributed by atoms with Gasteiger partial charge >= 0.3 is 5.97 Å². The Labute approximate surface area is 318 Å². The summed E-state index contributed by atoms with van der Waals surface area (Å²) in [5.41, 5.74) is 4.11. The summed E-state index contributed by atoms with van der Waals surface area (Å²) in [6.07, 6.45) is 7.10. The van der Waals surface area contributed by atoms with Crippen molar-refractivity contribution in [2.45, 2.75) is 75.0 Å². The van der Waals surface area contributed by atoms with E-state index in [4.69, 9.17) is 14.2 Å². The van der Waals surface area contributed by atoms with Crippen LogP contribution in [0.15, 0.2) is 95.2 Å². The number of carbonyl (C=O) groups is 1. The van der Waals surface area contributed by atoms with Crippen LogP contribution < -0.4 is 10.1 Å². The molecule has 0 saturated heterocycles. The summed E-state index contributed by atoms with van der Waals surface area (Å²) in [5, 5.41) is 11.7. The van der Waals surface area contributed by atoms with Crippen LogP contribution in [0.5, 0.6) is 5.75 Å². The molecule has 3 aromatic carbocycles. The van der Waals surface area contributed by atoms with E-state index in [0.29, 0.717) is 46.7 Å². The number of esters is 1. The molecule has 0 radical (unpaired) electrons. The largest absolute Gasteiger partial charge is 0.485 e. The highest BCUT2D eigenvalue weighted by Gasteiger charge is 2.31. The van der Waals surface area contributed by atoms with Gasteiger partial charge in [-0.1, -0.05) is 24.3 Å². The van der Waals surface area contributed by atoms with Crippen LogP contribution in [-0.4, -0.2) is 63.6 Å². The van der Waals surface area contributed by atoms with Gasteiger partial charge in [0.15, 0.2) is 5.75 Å². The Balaban J connectivity index is 1.05. The molecule has 1 unspecified atom stereocenters. The molecule has 1 aliphatic rings. The second kappa shape index (κ2) is 15.6. The summed E-state index contributed by atoms with van der Waals surface area (Å²) in [5.74, 6) is 0.0524. The van der Waals surface area contributed by atoms with E-state index in [1.54, 1.807) is 35.1 Å². The summed E-state index contributed by atoms with van der Waals surface area (Å²) in [6, 6.07) is 18.0. The molecule has 1 fully saturated rings. The number of rotatable bonds is 14. The molecular weight excluding hydrogens is 726 g/mol. The zero-order chi connectivity index (χ0) is 38.9. The smallest absolute Gasteiger partial charge is 0.337 e. The Morgan fingerprint density at radius 1 is 1.04 bits per heavy atom. The molecule has 55 heavy (non-hydrogen) atoms. The van der Waals surface area contributed by atoms with E-state index in [0.717, 1.165) is 30.9 Å². The van der Waals surface area contributed by atoms with Crippen LogP contribution in [0.2, 0.25) is 0 Å². The SMILES string of the molecule is CCOC(C)n1cc(-c2ncn3nc(Nc4ccc(S(=O)(=O)c5cccc(CC6CC(c7ccc(C(=O)OC)cc7)C6)c5)cc4F)nc3c2OC(C)C)cn1. The molecule has 1 N–H and O–H groups in total. The van der Waals surface area contributed by atoms with Gasteiger partial charge in [-0.25, -0.2) is 27.3 Å². The number of hydrogen-bond donors (Lipinski definition) is 1. The molecule has 15 heteroatoms. The van der Waals surface area contributed by atoms with Crippen LogP contribution in [-0.2, 0) is 25.7 Å². The molecule has 1 saturated carbocycles. The predicted octanol–water partition coefficient (Wildman–Crippen LogP) is 7.57. The van der Waals surface area contributed by atoms with Crippen LogP contribution in [0.4, 0.5) is 16.0 Å². The Kier molecular flexibility index (Phi) is 10.7. The van der Waals surface area contributed by atoms with Gasteiger partial charge < -0.3 is 19.5 Å². The molecule has 0 bridgehead atoms. The van der Waals surface area contributed by atoms with Crippen molar-refractivity contribution in [2.75, 3.05) is 19.0 Å². The van der Waals surface area contributed by atoms with E-state index in [-0.39, 0.29) is 39.7 Å². The van der Waals surface area contributed by atoms with Crippen molar-refractivity contribution in [1.29, 1.82) is 0 Å². The van der Waals surface area contributed by atoms with Gasteiger partial charge in [0, 0.05) is 18.4 Å². The van der Waals surface area contributed by atoms with Crippen molar-refractivity contribution in [1.82, 2.24) is 29.4 Å². The lowest BCUT2D eigenvalue weighted by Crippen LogP contribution is -2.23. The van der Waals surface area contributed by atoms with Crippen molar-refractivity contribution in [3.05, 3.63) is 108 Å². The minimum Gasteiger partial charge on any atom is -0.485 e. The summed E-state index contributed by atoms with van der Waals surface area (Å²) in [6.45, 7) is 8.10. The lowest BCUT2D eigenvalue weighted by atomic mass is 9.69. The molecule has 13 nitrogen and oxygen atoms in total. The first kappa shape index (κ1) is 37.6. The molecule has 286 valence electrons. The zero-order valence-corrected chi connectivity index (χ0v) is 32.0. The van der Waals surface area contributed by atoms with Crippen LogP contribution in [0.3, 0.4) is 0 Å². The van der Waals surface area contributed by atoms with Crippen molar-refractivity contribution < 1.29 is 31.8 Å². The summed E-state index contributed by atoms with van der Waals surface area (Å²) in [4.78, 5) is 20.8. The number of nitrogens with zero attached hydrogens (tertiary/aromatic N) is 6. The molecule has 3 aromatic heterocycles. The fourth-order valence-corrected chi connectivity index (χ4v) is 8.13. The maximum absolute atomic E-state index is 15.6. The molecule has 0 amide bonds. The minimum atomic E-state index is -4.02. The van der Waals surface area contributed by atoms with E-state index in [1.807, 2.05) is 52.1 Å². The summed E-state index contributed by atoms with van der Waals surface area (Å²) >= 11 is 0. The number of hydrogen-bond acceptors (Lipinski definition) is 11. The first-order chi connectivity index (χ1) is 26.4.